The Balaban J connectivity index is 2.65. The van der Waals surface area contributed by atoms with Crippen molar-refractivity contribution < 1.29 is 13.2 Å². The van der Waals surface area contributed by atoms with Gasteiger partial charge < -0.3 is 0 Å². The van der Waals surface area contributed by atoms with Gasteiger partial charge in [-0.05, 0) is 12.1 Å². The lowest BCUT2D eigenvalue weighted by molar-refractivity contribution is 0.559. The van der Waals surface area contributed by atoms with Gasteiger partial charge in [-0.15, -0.1) is 0 Å². The van der Waals surface area contributed by atoms with E-state index in [-0.39, 0.29) is 15.6 Å². The summed E-state index contributed by atoms with van der Waals surface area (Å²) in [6, 6.07) is 2.78. The summed E-state index contributed by atoms with van der Waals surface area (Å²) in [5.74, 6) is 0. The topological polar surface area (TPSA) is 89.9 Å². The fraction of sp³-hybridized carbons (Fsp3) is 0. The fourth-order valence-corrected chi connectivity index (χ4v) is 2.40. The standard InChI is InChI=1S/C10H6N3O3S/c14-7-8-2-1-3-13-10(8)17(15,16)9-6-11-4-5-12-9/h1-6H. The molecule has 85 valence electrons. The molecule has 0 aromatic carbocycles. The van der Waals surface area contributed by atoms with E-state index in [2.05, 4.69) is 15.0 Å². The van der Waals surface area contributed by atoms with E-state index in [0.717, 1.165) is 6.20 Å². The lowest BCUT2D eigenvalue weighted by atomic mass is 10.3. The Morgan fingerprint density at radius 1 is 1.12 bits per heavy atom. The van der Waals surface area contributed by atoms with Crippen LogP contribution in [0.5, 0.6) is 0 Å². The van der Waals surface area contributed by atoms with Gasteiger partial charge in [0.15, 0.2) is 10.1 Å². The lowest BCUT2D eigenvalue weighted by Gasteiger charge is -2.03. The minimum absolute atomic E-state index is 0.127. The molecule has 0 aliphatic rings. The summed E-state index contributed by atoms with van der Waals surface area (Å²) in [5, 5.41) is -0.620. The maximum Gasteiger partial charge on any atom is 0.243 e. The van der Waals surface area contributed by atoms with Crippen molar-refractivity contribution in [2.75, 3.05) is 0 Å². The number of hydrogen-bond donors (Lipinski definition) is 0. The first kappa shape index (κ1) is 11.3. The van der Waals surface area contributed by atoms with Crippen molar-refractivity contribution >= 4 is 16.1 Å². The molecule has 2 rings (SSSR count). The van der Waals surface area contributed by atoms with Crippen molar-refractivity contribution in [1.29, 1.82) is 0 Å². The molecule has 0 aliphatic carbocycles. The van der Waals surface area contributed by atoms with Crippen LogP contribution >= 0.6 is 0 Å². The molecule has 2 aromatic heterocycles. The average molecular weight is 248 g/mol. The van der Waals surface area contributed by atoms with Crippen LogP contribution in [0, 0.1) is 0 Å². The van der Waals surface area contributed by atoms with Crippen LogP contribution in [-0.4, -0.2) is 29.7 Å². The second-order valence-electron chi connectivity index (χ2n) is 3.01. The Hall–Kier alpha value is -2.15. The number of rotatable bonds is 3. The second kappa shape index (κ2) is 4.38. The molecule has 0 unspecified atom stereocenters. The summed E-state index contributed by atoms with van der Waals surface area (Å²) in [5.41, 5.74) is -0.127. The van der Waals surface area contributed by atoms with E-state index in [0.29, 0.717) is 0 Å². The molecule has 0 amide bonds. The molecule has 1 radical (unpaired) electrons. The number of carbonyl (C=O) groups excluding carboxylic acids is 1. The van der Waals surface area contributed by atoms with Gasteiger partial charge in [-0.3, -0.25) is 9.78 Å². The second-order valence-corrected chi connectivity index (χ2v) is 4.82. The molecular formula is C10H6N3O3S. The number of hydrogen-bond acceptors (Lipinski definition) is 6. The van der Waals surface area contributed by atoms with Crippen LogP contribution in [0.4, 0.5) is 0 Å². The van der Waals surface area contributed by atoms with Gasteiger partial charge in [-0.1, -0.05) is 0 Å². The maximum atomic E-state index is 12.1. The van der Waals surface area contributed by atoms with Gasteiger partial charge >= 0.3 is 0 Å². The summed E-state index contributed by atoms with van der Waals surface area (Å²) in [6.07, 6.45) is 6.51. The Bertz CT molecular complexity index is 641. The number of nitrogens with zero attached hydrogens (tertiary/aromatic N) is 3. The van der Waals surface area contributed by atoms with Gasteiger partial charge in [0.1, 0.15) is 0 Å². The highest BCUT2D eigenvalue weighted by Gasteiger charge is 2.24. The van der Waals surface area contributed by atoms with Crippen molar-refractivity contribution in [1.82, 2.24) is 15.0 Å². The molecule has 0 N–H and O–H groups in total. The third-order valence-corrected chi connectivity index (χ3v) is 3.55. The molecule has 0 bridgehead atoms. The van der Waals surface area contributed by atoms with Crippen molar-refractivity contribution in [2.24, 2.45) is 0 Å². The highest BCUT2D eigenvalue weighted by molar-refractivity contribution is 7.91. The zero-order valence-electron chi connectivity index (χ0n) is 8.44. The van der Waals surface area contributed by atoms with Gasteiger partial charge in [0.05, 0.1) is 11.8 Å². The number of sulfone groups is 1. The van der Waals surface area contributed by atoms with Crippen LogP contribution < -0.4 is 0 Å². The summed E-state index contributed by atoms with van der Waals surface area (Å²) in [4.78, 5) is 21.7. The lowest BCUT2D eigenvalue weighted by Crippen LogP contribution is -2.09. The molecule has 2 heterocycles. The van der Waals surface area contributed by atoms with Crippen LogP contribution in [0.25, 0.3) is 0 Å². The zero-order valence-corrected chi connectivity index (χ0v) is 9.26. The molecule has 0 aliphatic heterocycles. The smallest absolute Gasteiger partial charge is 0.243 e. The Morgan fingerprint density at radius 3 is 2.59 bits per heavy atom. The largest absolute Gasteiger partial charge is 0.285 e. The maximum absolute atomic E-state index is 12.1. The summed E-state index contributed by atoms with van der Waals surface area (Å²) < 4.78 is 24.1. The Labute approximate surface area is 97.3 Å². The van der Waals surface area contributed by atoms with Gasteiger partial charge in [0, 0.05) is 18.6 Å². The van der Waals surface area contributed by atoms with Gasteiger partial charge in [0.25, 0.3) is 0 Å². The minimum atomic E-state index is -3.93. The van der Waals surface area contributed by atoms with E-state index in [1.807, 2.05) is 0 Å². The Kier molecular flexibility index (Phi) is 2.92. The van der Waals surface area contributed by atoms with E-state index >= 15 is 0 Å². The van der Waals surface area contributed by atoms with E-state index in [9.17, 15) is 13.2 Å². The summed E-state index contributed by atoms with van der Waals surface area (Å²) in [7, 11) is -3.93. The Morgan fingerprint density at radius 2 is 1.94 bits per heavy atom. The third kappa shape index (κ3) is 2.04. The summed E-state index contributed by atoms with van der Waals surface area (Å²) in [6.45, 7) is 0. The van der Waals surface area contributed by atoms with E-state index < -0.39 is 9.84 Å². The van der Waals surface area contributed by atoms with Gasteiger partial charge in [-0.2, -0.15) is 0 Å². The first-order valence-corrected chi connectivity index (χ1v) is 5.99. The van der Waals surface area contributed by atoms with Crippen molar-refractivity contribution in [3.63, 3.8) is 0 Å². The number of aromatic nitrogens is 3. The predicted molar refractivity (Wildman–Crippen MR) is 56.5 cm³/mol. The van der Waals surface area contributed by atoms with Crippen molar-refractivity contribution in [3.05, 3.63) is 42.5 Å². The molecule has 17 heavy (non-hydrogen) atoms. The van der Waals surface area contributed by atoms with Crippen molar-refractivity contribution in [2.45, 2.75) is 10.1 Å². The van der Waals surface area contributed by atoms with Gasteiger partial charge in [0.2, 0.25) is 16.1 Å². The average Bonchev–Trinajstić information content (AvgIpc) is 2.39. The van der Waals surface area contributed by atoms with Crippen LogP contribution in [0.3, 0.4) is 0 Å². The molecule has 2 aromatic rings. The minimum Gasteiger partial charge on any atom is -0.285 e. The van der Waals surface area contributed by atoms with E-state index in [1.54, 1.807) is 0 Å². The van der Waals surface area contributed by atoms with E-state index in [4.69, 9.17) is 0 Å². The van der Waals surface area contributed by atoms with Crippen LogP contribution in [-0.2, 0) is 14.6 Å². The number of pyridine rings is 1. The zero-order chi connectivity index (χ0) is 12.3. The molecule has 0 saturated heterocycles. The quantitative estimate of drug-likeness (QED) is 0.768. The van der Waals surface area contributed by atoms with E-state index in [1.165, 1.54) is 37.0 Å². The van der Waals surface area contributed by atoms with Crippen LogP contribution in [0.15, 0.2) is 47.0 Å². The van der Waals surface area contributed by atoms with Crippen LogP contribution in [0.2, 0.25) is 0 Å². The molecular weight excluding hydrogens is 242 g/mol. The normalized spacial score (nSPS) is 11.1. The first-order chi connectivity index (χ1) is 8.16. The molecule has 0 fully saturated rings. The molecule has 0 atom stereocenters. The van der Waals surface area contributed by atoms with Gasteiger partial charge in [-0.25, -0.2) is 18.4 Å². The third-order valence-electron chi connectivity index (χ3n) is 1.95. The summed E-state index contributed by atoms with van der Waals surface area (Å²) >= 11 is 0. The predicted octanol–water partition coefficient (Wildman–Crippen LogP) is 0.162. The molecule has 0 spiro atoms. The van der Waals surface area contributed by atoms with Crippen molar-refractivity contribution in [3.8, 4) is 0 Å². The monoisotopic (exact) mass is 248 g/mol. The molecule has 0 saturated carbocycles. The highest BCUT2D eigenvalue weighted by atomic mass is 32.2. The fourth-order valence-electron chi connectivity index (χ4n) is 1.21. The van der Waals surface area contributed by atoms with Crippen LogP contribution in [0.1, 0.15) is 5.56 Å². The first-order valence-electron chi connectivity index (χ1n) is 4.50. The molecule has 7 heteroatoms. The SMILES string of the molecule is O=[C]c1cccnc1S(=O)(=O)c1cnccn1. The highest BCUT2D eigenvalue weighted by Crippen LogP contribution is 2.18. The molecule has 6 nitrogen and oxygen atoms in total.